The monoisotopic (exact) mass is 625 g/mol. The first-order valence-electron chi connectivity index (χ1n) is 16.5. The Hall–Kier alpha value is -5.55. The predicted octanol–water partition coefficient (Wildman–Crippen LogP) is 8.21. The molecule has 2 N–H and O–H groups in total. The molecule has 1 atom stereocenters. The van der Waals surface area contributed by atoms with Crippen LogP contribution in [0.2, 0.25) is 0 Å². The molecule has 1 heterocycles. The second-order valence-corrected chi connectivity index (χ2v) is 12.1. The minimum absolute atomic E-state index is 0.0750. The second-order valence-electron chi connectivity index (χ2n) is 12.1. The third-order valence-corrected chi connectivity index (χ3v) is 9.37. The lowest BCUT2D eigenvalue weighted by Gasteiger charge is -2.41. The maximum atomic E-state index is 11.2. The number of aliphatic hydroxyl groups excluding tert-OH is 1. The highest BCUT2D eigenvalue weighted by molar-refractivity contribution is 5.52. The lowest BCUT2D eigenvalue weighted by molar-refractivity contribution is 0.218. The maximum absolute atomic E-state index is 11.2. The zero-order valence-corrected chi connectivity index (χ0v) is 26.8. The Morgan fingerprint density at radius 2 is 0.833 bits per heavy atom. The molecule has 6 aromatic carbocycles. The van der Waals surface area contributed by atoms with Gasteiger partial charge >= 0.3 is 0 Å². The van der Waals surface area contributed by atoms with E-state index in [4.69, 9.17) is 4.98 Å². The number of nitrogens with one attached hydrogen (secondary N) is 1. The van der Waals surface area contributed by atoms with Crippen LogP contribution in [-0.4, -0.2) is 27.3 Å². The van der Waals surface area contributed by atoms with Crippen LogP contribution in [0.5, 0.6) is 0 Å². The average Bonchev–Trinajstić information content (AvgIpc) is 3.64. The van der Waals surface area contributed by atoms with Crippen LogP contribution in [-0.2, 0) is 17.5 Å². The fourth-order valence-corrected chi connectivity index (χ4v) is 7.27. The molecule has 0 unspecified atom stereocenters. The molecule has 0 radical (unpaired) electrons. The minimum Gasteiger partial charge on any atom is -0.395 e. The molecule has 4 heteroatoms. The molecule has 0 amide bonds. The molecular formula is C44H39N3O. The van der Waals surface area contributed by atoms with Crippen molar-refractivity contribution in [1.82, 2.24) is 14.9 Å². The van der Waals surface area contributed by atoms with Gasteiger partial charge in [-0.1, -0.05) is 182 Å². The van der Waals surface area contributed by atoms with Gasteiger partial charge < -0.3 is 9.67 Å². The summed E-state index contributed by atoms with van der Waals surface area (Å²) in [7, 11) is 0. The van der Waals surface area contributed by atoms with Gasteiger partial charge in [0.1, 0.15) is 5.54 Å². The zero-order valence-electron chi connectivity index (χ0n) is 26.8. The third kappa shape index (κ3) is 5.66. The summed E-state index contributed by atoms with van der Waals surface area (Å²) in [5.74, 6) is 0. The molecule has 0 fully saturated rings. The summed E-state index contributed by atoms with van der Waals surface area (Å²) >= 11 is 0. The molecular weight excluding hydrogens is 587 g/mol. The van der Waals surface area contributed by atoms with Gasteiger partial charge in [-0.15, -0.1) is 0 Å². The summed E-state index contributed by atoms with van der Waals surface area (Å²) in [5, 5.41) is 15.2. The van der Waals surface area contributed by atoms with Crippen molar-refractivity contribution in [3.8, 4) is 0 Å². The first kappa shape index (κ1) is 31.1. The summed E-state index contributed by atoms with van der Waals surface area (Å²) in [5.41, 5.74) is 6.25. The third-order valence-electron chi connectivity index (χ3n) is 9.37. The van der Waals surface area contributed by atoms with E-state index in [1.54, 1.807) is 0 Å². The van der Waals surface area contributed by atoms with Crippen LogP contribution in [0.1, 0.15) is 39.1 Å². The lowest BCUT2D eigenvalue weighted by atomic mass is 9.76. The Morgan fingerprint density at radius 1 is 0.500 bits per heavy atom. The van der Waals surface area contributed by atoms with Gasteiger partial charge in [0.05, 0.1) is 18.5 Å². The van der Waals surface area contributed by atoms with Crippen LogP contribution in [0.15, 0.2) is 195 Å². The van der Waals surface area contributed by atoms with Gasteiger partial charge in [-0.25, -0.2) is 4.98 Å². The molecule has 48 heavy (non-hydrogen) atoms. The van der Waals surface area contributed by atoms with Crippen molar-refractivity contribution in [3.63, 3.8) is 0 Å². The molecule has 0 spiro atoms. The van der Waals surface area contributed by atoms with Crippen LogP contribution in [0.25, 0.3) is 0 Å². The van der Waals surface area contributed by atoms with E-state index < -0.39 is 11.1 Å². The average molecular weight is 626 g/mol. The van der Waals surface area contributed by atoms with Gasteiger partial charge in [-0.05, 0) is 33.4 Å². The normalized spacial score (nSPS) is 12.4. The summed E-state index contributed by atoms with van der Waals surface area (Å²) in [6.45, 7) is -0.0750. The molecule has 236 valence electrons. The number of hydrogen-bond acceptors (Lipinski definition) is 3. The smallest absolute Gasteiger partial charge is 0.121 e. The number of hydrogen-bond donors (Lipinski definition) is 2. The molecule has 4 nitrogen and oxygen atoms in total. The van der Waals surface area contributed by atoms with Crippen molar-refractivity contribution in [1.29, 1.82) is 0 Å². The Kier molecular flexibility index (Phi) is 9.10. The van der Waals surface area contributed by atoms with E-state index in [0.717, 1.165) is 39.1 Å². The van der Waals surface area contributed by atoms with E-state index in [9.17, 15) is 5.11 Å². The van der Waals surface area contributed by atoms with E-state index in [1.807, 2.05) is 30.7 Å². The minimum atomic E-state index is -0.725. The van der Waals surface area contributed by atoms with Gasteiger partial charge in [-0.3, -0.25) is 5.32 Å². The molecule has 0 aliphatic rings. The van der Waals surface area contributed by atoms with E-state index in [2.05, 4.69) is 174 Å². The van der Waals surface area contributed by atoms with Crippen molar-refractivity contribution in [2.75, 3.05) is 6.61 Å². The molecule has 1 aromatic heterocycles. The number of benzene rings is 6. The van der Waals surface area contributed by atoms with Gasteiger partial charge in [0.25, 0.3) is 0 Å². The van der Waals surface area contributed by atoms with Crippen LogP contribution in [0.4, 0.5) is 0 Å². The van der Waals surface area contributed by atoms with Crippen molar-refractivity contribution in [2.45, 2.75) is 23.5 Å². The summed E-state index contributed by atoms with van der Waals surface area (Å²) in [6, 6.07) is 63.1. The largest absolute Gasteiger partial charge is 0.395 e. The second kappa shape index (κ2) is 14.1. The van der Waals surface area contributed by atoms with Crippen molar-refractivity contribution in [2.24, 2.45) is 0 Å². The van der Waals surface area contributed by atoms with Crippen LogP contribution >= 0.6 is 0 Å². The standard InChI is InChI=1S/C44H39N3O/c48-33-41(46-43(35-19-7-1-8-20-35,36-21-9-2-10-22-36)37-23-11-3-12-24-37)31-42-32-45-34-47(42)44(38-25-13-4-14-26-38,39-27-15-5-16-28-39)40-29-17-6-18-30-40/h1-30,32,34,41,46,48H,31,33H2/t41-/m0/s1. The van der Waals surface area contributed by atoms with E-state index in [1.165, 1.54) is 0 Å². The van der Waals surface area contributed by atoms with Crippen LogP contribution < -0.4 is 5.32 Å². The fraction of sp³-hybridized carbons (Fsp3) is 0.114. The van der Waals surface area contributed by atoms with Gasteiger partial charge in [-0.2, -0.15) is 0 Å². The topological polar surface area (TPSA) is 50.1 Å². The summed E-state index contributed by atoms with van der Waals surface area (Å²) < 4.78 is 2.30. The van der Waals surface area contributed by atoms with E-state index in [0.29, 0.717) is 6.42 Å². The lowest BCUT2D eigenvalue weighted by Crippen LogP contribution is -2.52. The van der Waals surface area contributed by atoms with Crippen molar-refractivity contribution >= 4 is 0 Å². The summed E-state index contributed by atoms with van der Waals surface area (Å²) in [6.07, 6.45) is 4.41. The van der Waals surface area contributed by atoms with Gasteiger partial charge in [0.15, 0.2) is 0 Å². The van der Waals surface area contributed by atoms with Gasteiger partial charge in [0, 0.05) is 24.4 Å². The Bertz CT molecular complexity index is 1800. The van der Waals surface area contributed by atoms with Crippen molar-refractivity contribution in [3.05, 3.63) is 234 Å². The molecule has 0 aliphatic carbocycles. The van der Waals surface area contributed by atoms with Crippen molar-refractivity contribution < 1.29 is 5.11 Å². The fourth-order valence-electron chi connectivity index (χ4n) is 7.27. The SMILES string of the molecule is OC[C@H](Cc1cncn1C(c1ccccc1)(c1ccccc1)c1ccccc1)NC(c1ccccc1)(c1ccccc1)c1ccccc1. The highest BCUT2D eigenvalue weighted by Crippen LogP contribution is 2.42. The first-order valence-corrected chi connectivity index (χ1v) is 16.5. The number of imidazole rings is 1. The molecule has 7 rings (SSSR count). The van der Waals surface area contributed by atoms with Crippen LogP contribution in [0, 0.1) is 0 Å². The highest BCUT2D eigenvalue weighted by Gasteiger charge is 2.41. The zero-order chi connectivity index (χ0) is 32.7. The first-order chi connectivity index (χ1) is 23.8. The number of aliphatic hydroxyl groups is 1. The maximum Gasteiger partial charge on any atom is 0.121 e. The Labute approximate surface area is 283 Å². The van der Waals surface area contributed by atoms with Crippen LogP contribution in [0.3, 0.4) is 0 Å². The molecule has 0 bridgehead atoms. The Morgan fingerprint density at radius 3 is 1.17 bits per heavy atom. The highest BCUT2D eigenvalue weighted by atomic mass is 16.3. The van der Waals surface area contributed by atoms with Gasteiger partial charge in [0.2, 0.25) is 0 Å². The number of nitrogens with zero attached hydrogens (tertiary/aromatic N) is 2. The number of aromatic nitrogens is 2. The number of rotatable bonds is 12. The molecule has 0 aliphatic heterocycles. The predicted molar refractivity (Wildman–Crippen MR) is 194 cm³/mol. The van der Waals surface area contributed by atoms with E-state index >= 15 is 0 Å². The van der Waals surface area contributed by atoms with E-state index in [-0.39, 0.29) is 12.6 Å². The molecule has 0 saturated carbocycles. The Balaban J connectivity index is 1.39. The summed E-state index contributed by atoms with van der Waals surface area (Å²) in [4.78, 5) is 4.78. The molecule has 7 aromatic rings. The molecule has 0 saturated heterocycles. The quantitative estimate of drug-likeness (QED) is 0.135.